The molecule has 1 fully saturated rings. The van der Waals surface area contributed by atoms with E-state index in [9.17, 15) is 9.90 Å². The number of aryl methyl sites for hydroxylation is 1. The molecule has 1 aromatic rings. The van der Waals surface area contributed by atoms with Crippen LogP contribution in [0.4, 0.5) is 5.69 Å². The predicted molar refractivity (Wildman–Crippen MR) is 75.6 cm³/mol. The molecule has 0 saturated heterocycles. The number of aliphatic hydroxyl groups is 1. The molecule has 0 radical (unpaired) electrons. The Kier molecular flexibility index (Phi) is 4.80. The zero-order valence-corrected chi connectivity index (χ0v) is 11.1. The van der Waals surface area contributed by atoms with E-state index in [2.05, 4.69) is 5.32 Å². The fourth-order valence-corrected chi connectivity index (χ4v) is 2.57. The van der Waals surface area contributed by atoms with Gasteiger partial charge in [0.15, 0.2) is 0 Å². The highest BCUT2D eigenvalue weighted by atomic mass is 16.3. The number of nitrogens with two attached hydrogens (primary N) is 1. The van der Waals surface area contributed by atoms with Crippen LogP contribution in [-0.2, 0) is 11.2 Å². The molecule has 4 N–H and O–H groups in total. The van der Waals surface area contributed by atoms with Crippen molar-refractivity contribution >= 4 is 11.6 Å². The fourth-order valence-electron chi connectivity index (χ4n) is 2.57. The van der Waals surface area contributed by atoms with E-state index in [4.69, 9.17) is 5.73 Å². The Balaban J connectivity index is 1.78. The molecule has 0 heterocycles. The van der Waals surface area contributed by atoms with Crippen LogP contribution in [0, 0.1) is 0 Å². The average Bonchev–Trinajstić information content (AvgIpc) is 2.39. The van der Waals surface area contributed by atoms with Gasteiger partial charge in [0.2, 0.25) is 5.91 Å². The summed E-state index contributed by atoms with van der Waals surface area (Å²) in [6.45, 7) is 0. The summed E-state index contributed by atoms with van der Waals surface area (Å²) in [6.07, 6.45) is 4.54. The lowest BCUT2D eigenvalue weighted by Gasteiger charge is -2.28. The monoisotopic (exact) mass is 262 g/mol. The Hall–Kier alpha value is -1.55. The second kappa shape index (κ2) is 6.57. The van der Waals surface area contributed by atoms with E-state index in [1.165, 1.54) is 0 Å². The first-order valence-corrected chi connectivity index (χ1v) is 6.97. The number of nitrogen functional groups attached to an aromatic ring is 1. The number of carbonyl (C=O) groups excluding carboxylic acids is 1. The second-order valence-electron chi connectivity index (χ2n) is 5.27. The third-order valence-corrected chi connectivity index (χ3v) is 3.67. The minimum Gasteiger partial charge on any atom is -0.399 e. The summed E-state index contributed by atoms with van der Waals surface area (Å²) in [5.74, 6) is 0.00775. The van der Waals surface area contributed by atoms with Crippen LogP contribution in [0.3, 0.4) is 0 Å². The Morgan fingerprint density at radius 3 is 2.89 bits per heavy atom. The molecule has 0 aliphatic heterocycles. The van der Waals surface area contributed by atoms with Gasteiger partial charge in [-0.15, -0.1) is 0 Å². The molecular formula is C15H22N2O2. The summed E-state index contributed by atoms with van der Waals surface area (Å²) in [5.41, 5.74) is 7.49. The lowest BCUT2D eigenvalue weighted by molar-refractivity contribution is -0.123. The lowest BCUT2D eigenvalue weighted by atomic mass is 9.92. The molecule has 104 valence electrons. The largest absolute Gasteiger partial charge is 0.399 e. The van der Waals surface area contributed by atoms with Crippen molar-refractivity contribution in [3.8, 4) is 0 Å². The molecule has 0 aromatic heterocycles. The maximum atomic E-state index is 11.9. The van der Waals surface area contributed by atoms with Gasteiger partial charge in [-0.2, -0.15) is 0 Å². The Bertz CT molecular complexity index is 434. The van der Waals surface area contributed by atoms with E-state index >= 15 is 0 Å². The highest BCUT2D eigenvalue weighted by Crippen LogP contribution is 2.18. The van der Waals surface area contributed by atoms with Crippen molar-refractivity contribution < 1.29 is 9.90 Å². The van der Waals surface area contributed by atoms with Crippen LogP contribution in [0.15, 0.2) is 24.3 Å². The minimum absolute atomic E-state index is 0.00775. The van der Waals surface area contributed by atoms with Crippen molar-refractivity contribution in [1.29, 1.82) is 0 Å². The van der Waals surface area contributed by atoms with Crippen molar-refractivity contribution in [3.05, 3.63) is 29.8 Å². The average molecular weight is 262 g/mol. The Morgan fingerprint density at radius 1 is 1.37 bits per heavy atom. The van der Waals surface area contributed by atoms with Crippen LogP contribution in [0.25, 0.3) is 0 Å². The maximum absolute atomic E-state index is 11.9. The summed E-state index contributed by atoms with van der Waals surface area (Å²) >= 11 is 0. The normalized spacial score (nSPS) is 23.0. The third-order valence-electron chi connectivity index (χ3n) is 3.67. The number of anilines is 1. The van der Waals surface area contributed by atoms with E-state index in [0.29, 0.717) is 12.8 Å². The van der Waals surface area contributed by atoms with Crippen molar-refractivity contribution in [2.75, 3.05) is 5.73 Å². The molecule has 1 aromatic carbocycles. The SMILES string of the molecule is Nc1cccc(CCC(=O)N[C@@H]2CCCC[C@H]2O)c1. The van der Waals surface area contributed by atoms with Crippen molar-refractivity contribution in [2.45, 2.75) is 50.7 Å². The molecule has 2 rings (SSSR count). The van der Waals surface area contributed by atoms with Crippen LogP contribution in [0.2, 0.25) is 0 Å². The highest BCUT2D eigenvalue weighted by molar-refractivity contribution is 5.76. The van der Waals surface area contributed by atoms with Crippen LogP contribution in [-0.4, -0.2) is 23.2 Å². The van der Waals surface area contributed by atoms with Gasteiger partial charge in [-0.05, 0) is 37.0 Å². The van der Waals surface area contributed by atoms with Crippen molar-refractivity contribution in [1.82, 2.24) is 5.32 Å². The van der Waals surface area contributed by atoms with Crippen LogP contribution in [0.5, 0.6) is 0 Å². The first-order valence-electron chi connectivity index (χ1n) is 6.97. The zero-order valence-electron chi connectivity index (χ0n) is 11.1. The van der Waals surface area contributed by atoms with Gasteiger partial charge in [-0.3, -0.25) is 4.79 Å². The molecule has 1 amide bonds. The minimum atomic E-state index is -0.384. The first kappa shape index (κ1) is 13.9. The van der Waals surface area contributed by atoms with Gasteiger partial charge in [0.1, 0.15) is 0 Å². The number of benzene rings is 1. The zero-order chi connectivity index (χ0) is 13.7. The molecule has 4 heteroatoms. The summed E-state index contributed by atoms with van der Waals surface area (Å²) in [7, 11) is 0. The molecule has 19 heavy (non-hydrogen) atoms. The smallest absolute Gasteiger partial charge is 0.220 e. The number of amides is 1. The van der Waals surface area contributed by atoms with E-state index < -0.39 is 0 Å². The van der Waals surface area contributed by atoms with Crippen LogP contribution < -0.4 is 11.1 Å². The van der Waals surface area contributed by atoms with Gasteiger partial charge in [0.25, 0.3) is 0 Å². The number of aliphatic hydroxyl groups excluding tert-OH is 1. The van der Waals surface area contributed by atoms with Gasteiger partial charge in [-0.25, -0.2) is 0 Å². The second-order valence-corrected chi connectivity index (χ2v) is 5.27. The summed E-state index contributed by atoms with van der Waals surface area (Å²) in [5, 5.41) is 12.7. The standard InChI is InChI=1S/C15H22N2O2/c16-12-5-3-4-11(10-12)8-9-15(19)17-13-6-1-2-7-14(13)18/h3-5,10,13-14,18H,1-2,6-9,16H2,(H,17,19)/t13-,14-/m1/s1. The molecule has 2 atom stereocenters. The molecule has 4 nitrogen and oxygen atoms in total. The third kappa shape index (κ3) is 4.24. The van der Waals surface area contributed by atoms with E-state index in [1.54, 1.807) is 0 Å². The number of hydrogen-bond donors (Lipinski definition) is 3. The predicted octanol–water partition coefficient (Wildman–Crippen LogP) is 1.62. The molecule has 0 bridgehead atoms. The Labute approximate surface area is 114 Å². The molecule has 1 saturated carbocycles. The topological polar surface area (TPSA) is 75.4 Å². The number of rotatable bonds is 4. The van der Waals surface area contributed by atoms with Crippen molar-refractivity contribution in [2.24, 2.45) is 0 Å². The summed E-state index contributed by atoms with van der Waals surface area (Å²) in [6, 6.07) is 7.53. The maximum Gasteiger partial charge on any atom is 0.220 e. The summed E-state index contributed by atoms with van der Waals surface area (Å²) < 4.78 is 0. The quantitative estimate of drug-likeness (QED) is 0.722. The summed E-state index contributed by atoms with van der Waals surface area (Å²) in [4.78, 5) is 11.9. The van der Waals surface area contributed by atoms with Gasteiger partial charge < -0.3 is 16.2 Å². The van der Waals surface area contributed by atoms with E-state index in [1.807, 2.05) is 24.3 Å². The lowest BCUT2D eigenvalue weighted by Crippen LogP contribution is -2.45. The molecule has 0 unspecified atom stereocenters. The molecule has 0 spiro atoms. The number of carbonyl (C=O) groups is 1. The van der Waals surface area contributed by atoms with Gasteiger partial charge in [0.05, 0.1) is 12.1 Å². The number of hydrogen-bond acceptors (Lipinski definition) is 3. The fraction of sp³-hybridized carbons (Fsp3) is 0.533. The molecule has 1 aliphatic rings. The molecular weight excluding hydrogens is 240 g/mol. The van der Waals surface area contributed by atoms with Crippen LogP contribution in [0.1, 0.15) is 37.7 Å². The Morgan fingerprint density at radius 2 is 2.16 bits per heavy atom. The van der Waals surface area contributed by atoms with Gasteiger partial charge in [0, 0.05) is 12.1 Å². The van der Waals surface area contributed by atoms with Gasteiger partial charge in [-0.1, -0.05) is 25.0 Å². The molecule has 1 aliphatic carbocycles. The van der Waals surface area contributed by atoms with Crippen LogP contribution >= 0.6 is 0 Å². The van der Waals surface area contributed by atoms with Gasteiger partial charge >= 0.3 is 0 Å². The van der Waals surface area contributed by atoms with E-state index in [-0.39, 0.29) is 18.1 Å². The first-order chi connectivity index (χ1) is 9.15. The number of nitrogens with one attached hydrogen (secondary N) is 1. The highest BCUT2D eigenvalue weighted by Gasteiger charge is 2.24. The van der Waals surface area contributed by atoms with E-state index in [0.717, 1.165) is 36.9 Å². The van der Waals surface area contributed by atoms with Crippen molar-refractivity contribution in [3.63, 3.8) is 0 Å².